The minimum Gasteiger partial charge on any atom is -0.493 e. The monoisotopic (exact) mass is 533 g/mol. The van der Waals surface area contributed by atoms with E-state index in [0.29, 0.717) is 36.3 Å². The van der Waals surface area contributed by atoms with Crippen LogP contribution in [0.15, 0.2) is 41.4 Å². The predicted octanol–water partition coefficient (Wildman–Crippen LogP) is 3.26. The largest absolute Gasteiger partial charge is 0.493 e. The number of aliphatic hydroxyl groups is 1. The van der Waals surface area contributed by atoms with Crippen LogP contribution in [0, 0.1) is 5.82 Å². The Hall–Kier alpha value is -2.27. The maximum Gasteiger partial charge on any atom is 0.203 e. The normalized spacial score (nSPS) is 11.9. The van der Waals surface area contributed by atoms with Crippen molar-refractivity contribution in [3.63, 3.8) is 0 Å². The van der Waals surface area contributed by atoms with Gasteiger partial charge in [0, 0.05) is 18.7 Å². The van der Waals surface area contributed by atoms with Crippen LogP contribution < -0.4 is 24.8 Å². The summed E-state index contributed by atoms with van der Waals surface area (Å²) in [7, 11) is 4.66. The SMILES string of the molecule is CCNC(=NCc1cc(OC)c(OC)c(OC)c1)NCC(O)c1ccccc1F.I. The van der Waals surface area contributed by atoms with Gasteiger partial charge in [-0.2, -0.15) is 0 Å². The van der Waals surface area contributed by atoms with E-state index in [2.05, 4.69) is 15.6 Å². The number of hydrogen-bond acceptors (Lipinski definition) is 5. The van der Waals surface area contributed by atoms with Gasteiger partial charge >= 0.3 is 0 Å². The molecule has 0 aliphatic heterocycles. The maximum atomic E-state index is 13.8. The molecule has 0 spiro atoms. The fourth-order valence-corrected chi connectivity index (χ4v) is 2.79. The van der Waals surface area contributed by atoms with Gasteiger partial charge in [0.1, 0.15) is 5.82 Å². The number of rotatable bonds is 9. The van der Waals surface area contributed by atoms with Crippen molar-refractivity contribution in [1.29, 1.82) is 0 Å². The van der Waals surface area contributed by atoms with Gasteiger partial charge in [-0.3, -0.25) is 0 Å². The van der Waals surface area contributed by atoms with Crippen LogP contribution in [0.3, 0.4) is 0 Å². The van der Waals surface area contributed by atoms with E-state index in [1.165, 1.54) is 6.07 Å². The summed E-state index contributed by atoms with van der Waals surface area (Å²) >= 11 is 0. The summed E-state index contributed by atoms with van der Waals surface area (Å²) < 4.78 is 29.9. The van der Waals surface area contributed by atoms with Gasteiger partial charge in [-0.05, 0) is 30.7 Å². The van der Waals surface area contributed by atoms with E-state index in [1.807, 2.05) is 19.1 Å². The molecule has 0 saturated heterocycles. The summed E-state index contributed by atoms with van der Waals surface area (Å²) in [5, 5.41) is 16.4. The van der Waals surface area contributed by atoms with E-state index in [9.17, 15) is 9.50 Å². The Labute approximate surface area is 193 Å². The Bertz CT molecular complexity index is 811. The van der Waals surface area contributed by atoms with Crippen LogP contribution in [0.25, 0.3) is 0 Å². The molecular weight excluding hydrogens is 504 g/mol. The topological polar surface area (TPSA) is 84.3 Å². The van der Waals surface area contributed by atoms with Crippen LogP contribution in [-0.4, -0.2) is 45.5 Å². The van der Waals surface area contributed by atoms with Crippen molar-refractivity contribution >= 4 is 29.9 Å². The van der Waals surface area contributed by atoms with Crippen LogP contribution in [0.4, 0.5) is 4.39 Å². The van der Waals surface area contributed by atoms with E-state index in [4.69, 9.17) is 14.2 Å². The molecule has 0 heterocycles. The van der Waals surface area contributed by atoms with Crippen LogP contribution in [-0.2, 0) is 6.54 Å². The third-order valence-electron chi connectivity index (χ3n) is 4.22. The van der Waals surface area contributed by atoms with Crippen molar-refractivity contribution in [3.05, 3.63) is 53.3 Å². The zero-order chi connectivity index (χ0) is 21.2. The molecular formula is C21H29FIN3O4. The molecule has 0 aliphatic carbocycles. The van der Waals surface area contributed by atoms with Crippen LogP contribution in [0.1, 0.15) is 24.2 Å². The summed E-state index contributed by atoms with van der Waals surface area (Å²) in [6.07, 6.45) is -0.999. The van der Waals surface area contributed by atoms with E-state index in [-0.39, 0.29) is 36.1 Å². The highest BCUT2D eigenvalue weighted by atomic mass is 127. The molecule has 0 amide bonds. The van der Waals surface area contributed by atoms with Crippen LogP contribution in [0.5, 0.6) is 17.2 Å². The van der Waals surface area contributed by atoms with Crippen molar-refractivity contribution in [1.82, 2.24) is 10.6 Å². The first-order valence-electron chi connectivity index (χ1n) is 9.27. The molecule has 3 N–H and O–H groups in total. The first-order chi connectivity index (χ1) is 14.0. The standard InChI is InChI=1S/C21H28FN3O4.HI/c1-5-23-21(25-13-17(26)15-8-6-7-9-16(15)22)24-12-14-10-18(27-2)20(29-4)19(11-14)28-3;/h6-11,17,26H,5,12-13H2,1-4H3,(H2,23,24,25);1H. The van der Waals surface area contributed by atoms with Gasteiger partial charge in [-0.15, -0.1) is 24.0 Å². The number of nitrogens with one attached hydrogen (secondary N) is 2. The van der Waals surface area contributed by atoms with E-state index < -0.39 is 11.9 Å². The number of halogens is 2. The fourth-order valence-electron chi connectivity index (χ4n) is 2.79. The summed E-state index contributed by atoms with van der Waals surface area (Å²) in [5.74, 6) is 1.66. The third-order valence-corrected chi connectivity index (χ3v) is 4.22. The number of ether oxygens (including phenoxy) is 3. The molecule has 2 rings (SSSR count). The maximum absolute atomic E-state index is 13.8. The smallest absolute Gasteiger partial charge is 0.203 e. The number of hydrogen-bond donors (Lipinski definition) is 3. The van der Waals surface area contributed by atoms with Gasteiger partial charge in [-0.25, -0.2) is 9.38 Å². The van der Waals surface area contributed by atoms with Crippen molar-refractivity contribution in [2.45, 2.75) is 19.6 Å². The molecule has 2 aromatic rings. The predicted molar refractivity (Wildman–Crippen MR) is 126 cm³/mol. The van der Waals surface area contributed by atoms with Gasteiger partial charge in [0.15, 0.2) is 17.5 Å². The summed E-state index contributed by atoms with van der Waals surface area (Å²) in [4.78, 5) is 4.52. The zero-order valence-electron chi connectivity index (χ0n) is 17.6. The summed E-state index contributed by atoms with van der Waals surface area (Å²) in [6, 6.07) is 9.79. The first-order valence-corrected chi connectivity index (χ1v) is 9.27. The van der Waals surface area contributed by atoms with Gasteiger partial charge in [0.25, 0.3) is 0 Å². The second kappa shape index (κ2) is 13.1. The molecule has 9 heteroatoms. The lowest BCUT2D eigenvalue weighted by molar-refractivity contribution is 0.176. The van der Waals surface area contributed by atoms with Gasteiger partial charge < -0.3 is 30.0 Å². The number of benzene rings is 2. The fraction of sp³-hybridized carbons (Fsp3) is 0.381. The molecule has 2 aromatic carbocycles. The minimum atomic E-state index is -0.999. The lowest BCUT2D eigenvalue weighted by Crippen LogP contribution is -2.39. The highest BCUT2D eigenvalue weighted by Gasteiger charge is 2.14. The number of methoxy groups -OCH3 is 3. The first kappa shape index (κ1) is 25.8. The van der Waals surface area contributed by atoms with E-state index in [1.54, 1.807) is 39.5 Å². The van der Waals surface area contributed by atoms with Crippen molar-refractivity contribution in [2.75, 3.05) is 34.4 Å². The third kappa shape index (κ3) is 6.91. The summed E-state index contributed by atoms with van der Waals surface area (Å²) in [5.41, 5.74) is 1.09. The minimum absolute atomic E-state index is 0. The second-order valence-corrected chi connectivity index (χ2v) is 6.15. The molecule has 0 saturated carbocycles. The number of guanidine groups is 1. The number of nitrogens with zero attached hydrogens (tertiary/aromatic N) is 1. The Kier molecular flexibility index (Phi) is 11.3. The van der Waals surface area contributed by atoms with E-state index >= 15 is 0 Å². The Morgan fingerprint density at radius 2 is 1.70 bits per heavy atom. The number of aliphatic imine (C=N–C) groups is 1. The Morgan fingerprint density at radius 1 is 1.07 bits per heavy atom. The molecule has 0 bridgehead atoms. The van der Waals surface area contributed by atoms with E-state index in [0.717, 1.165) is 5.56 Å². The average molecular weight is 533 g/mol. The quantitative estimate of drug-likeness (QED) is 0.261. The molecule has 0 aliphatic rings. The van der Waals surface area contributed by atoms with Crippen molar-refractivity contribution < 1.29 is 23.7 Å². The van der Waals surface area contributed by atoms with Crippen molar-refractivity contribution in [3.8, 4) is 17.2 Å². The van der Waals surface area contributed by atoms with Gasteiger partial charge in [0.05, 0.1) is 34.0 Å². The lowest BCUT2D eigenvalue weighted by Gasteiger charge is -2.16. The van der Waals surface area contributed by atoms with Crippen LogP contribution in [0.2, 0.25) is 0 Å². The van der Waals surface area contributed by atoms with Crippen LogP contribution >= 0.6 is 24.0 Å². The summed E-state index contributed by atoms with van der Waals surface area (Å²) in [6.45, 7) is 3.02. The highest BCUT2D eigenvalue weighted by molar-refractivity contribution is 14.0. The second-order valence-electron chi connectivity index (χ2n) is 6.15. The average Bonchev–Trinajstić information content (AvgIpc) is 2.74. The molecule has 0 fully saturated rings. The van der Waals surface area contributed by atoms with Gasteiger partial charge in [0.2, 0.25) is 5.75 Å². The molecule has 7 nitrogen and oxygen atoms in total. The number of aliphatic hydroxyl groups excluding tert-OH is 1. The van der Waals surface area contributed by atoms with Crippen molar-refractivity contribution in [2.24, 2.45) is 4.99 Å². The Morgan fingerprint density at radius 3 is 2.23 bits per heavy atom. The molecule has 1 atom stereocenters. The zero-order valence-corrected chi connectivity index (χ0v) is 19.9. The van der Waals surface area contributed by atoms with Gasteiger partial charge in [-0.1, -0.05) is 18.2 Å². The Balaban J connectivity index is 0.00000450. The lowest BCUT2D eigenvalue weighted by atomic mass is 10.1. The highest BCUT2D eigenvalue weighted by Crippen LogP contribution is 2.38. The molecule has 30 heavy (non-hydrogen) atoms. The molecule has 0 aromatic heterocycles. The molecule has 0 radical (unpaired) electrons. The molecule has 1 unspecified atom stereocenters. The molecule has 166 valence electrons.